The first-order chi connectivity index (χ1) is 16.7. The summed E-state index contributed by atoms with van der Waals surface area (Å²) in [4.78, 5) is 49.2. The Hall–Kier alpha value is -3.66. The summed E-state index contributed by atoms with van der Waals surface area (Å²) in [6.07, 6.45) is 1.52. The van der Waals surface area contributed by atoms with Crippen LogP contribution in [0.4, 0.5) is 10.5 Å². The Kier molecular flexibility index (Phi) is 7.20. The highest BCUT2D eigenvalue weighted by molar-refractivity contribution is 8.18. The normalized spacial score (nSPS) is 14.5. The molecule has 0 atom stereocenters. The number of nitro benzene ring substituents is 1. The first kappa shape index (κ1) is 24.5. The lowest BCUT2D eigenvalue weighted by Crippen LogP contribution is -2.27. The van der Waals surface area contributed by atoms with Gasteiger partial charge in [0.1, 0.15) is 5.75 Å². The Morgan fingerprint density at radius 1 is 1.03 bits per heavy atom. The minimum Gasteiger partial charge on any atom is -0.423 e. The van der Waals surface area contributed by atoms with Crippen LogP contribution in [0.1, 0.15) is 21.5 Å². The van der Waals surface area contributed by atoms with E-state index < -0.39 is 22.0 Å². The van der Waals surface area contributed by atoms with Gasteiger partial charge in [0.2, 0.25) is 0 Å². The maximum absolute atomic E-state index is 12.9. The Morgan fingerprint density at radius 3 is 2.34 bits per heavy atom. The summed E-state index contributed by atoms with van der Waals surface area (Å²) in [7, 11) is 0. The molecule has 0 saturated carbocycles. The summed E-state index contributed by atoms with van der Waals surface area (Å²) >= 11 is 13.1. The molecule has 0 spiro atoms. The quantitative estimate of drug-likeness (QED) is 0.120. The highest BCUT2D eigenvalue weighted by Gasteiger charge is 2.35. The van der Waals surface area contributed by atoms with E-state index in [9.17, 15) is 24.5 Å². The fraction of sp³-hybridized carbons (Fsp3) is 0.0417. The lowest BCUT2D eigenvalue weighted by Gasteiger charge is -2.14. The molecule has 2 amide bonds. The summed E-state index contributed by atoms with van der Waals surface area (Å²) in [6, 6.07) is 16.3. The van der Waals surface area contributed by atoms with Crippen LogP contribution >= 0.6 is 35.0 Å². The molecule has 0 unspecified atom stereocenters. The molecule has 1 aliphatic heterocycles. The van der Waals surface area contributed by atoms with E-state index in [4.69, 9.17) is 27.9 Å². The smallest absolute Gasteiger partial charge is 0.343 e. The van der Waals surface area contributed by atoms with E-state index in [1.165, 1.54) is 36.4 Å². The van der Waals surface area contributed by atoms with Gasteiger partial charge in [0.05, 0.1) is 21.9 Å². The number of amides is 2. The van der Waals surface area contributed by atoms with E-state index in [0.29, 0.717) is 21.2 Å². The molecule has 1 fully saturated rings. The highest BCUT2D eigenvalue weighted by Crippen LogP contribution is 2.36. The predicted molar refractivity (Wildman–Crippen MR) is 132 cm³/mol. The van der Waals surface area contributed by atoms with Crippen LogP contribution in [0, 0.1) is 10.1 Å². The SMILES string of the molecule is O=C(Oc1cccc(/C=C2\SC(=O)N(Cc3c(Cl)cccc3Cl)C2=O)c1)c1ccc([N+](=O)[O-])cc1. The van der Waals surface area contributed by atoms with Crippen molar-refractivity contribution in [1.82, 2.24) is 4.90 Å². The van der Waals surface area contributed by atoms with Gasteiger partial charge in [0, 0.05) is 27.7 Å². The molecule has 0 aromatic heterocycles. The zero-order valence-electron chi connectivity index (χ0n) is 17.6. The van der Waals surface area contributed by atoms with E-state index in [0.717, 1.165) is 16.7 Å². The van der Waals surface area contributed by atoms with Gasteiger partial charge < -0.3 is 4.74 Å². The molecule has 35 heavy (non-hydrogen) atoms. The molecule has 0 N–H and O–H groups in total. The van der Waals surface area contributed by atoms with Gasteiger partial charge in [0.15, 0.2) is 0 Å². The standard InChI is InChI=1S/C24H14Cl2N2O6S/c25-19-5-2-6-20(26)18(19)13-27-22(29)21(35-24(27)31)12-14-3-1-4-17(11-14)34-23(30)15-7-9-16(10-8-15)28(32)33/h1-12H,13H2/b21-12-. The van der Waals surface area contributed by atoms with Crippen molar-refractivity contribution in [3.05, 3.63) is 108 Å². The van der Waals surface area contributed by atoms with Gasteiger partial charge in [-0.05, 0) is 59.8 Å². The summed E-state index contributed by atoms with van der Waals surface area (Å²) < 4.78 is 5.34. The molecular formula is C24H14Cl2N2O6S. The number of nitrogens with zero attached hydrogens (tertiary/aromatic N) is 2. The maximum atomic E-state index is 12.9. The Balaban J connectivity index is 1.49. The molecule has 3 aromatic carbocycles. The number of nitro groups is 1. The number of rotatable bonds is 6. The van der Waals surface area contributed by atoms with Crippen LogP contribution in [0.25, 0.3) is 6.08 Å². The van der Waals surface area contributed by atoms with Crippen LogP contribution in [0.2, 0.25) is 10.0 Å². The van der Waals surface area contributed by atoms with Crippen molar-refractivity contribution in [3.8, 4) is 5.75 Å². The Morgan fingerprint density at radius 2 is 1.69 bits per heavy atom. The van der Waals surface area contributed by atoms with E-state index in [-0.39, 0.29) is 28.5 Å². The molecule has 3 aromatic rings. The molecule has 1 aliphatic rings. The number of carbonyl (C=O) groups is 3. The number of ether oxygens (including phenoxy) is 1. The largest absolute Gasteiger partial charge is 0.423 e. The third kappa shape index (κ3) is 5.54. The van der Waals surface area contributed by atoms with Gasteiger partial charge in [-0.3, -0.25) is 24.6 Å². The maximum Gasteiger partial charge on any atom is 0.343 e. The lowest BCUT2D eigenvalue weighted by molar-refractivity contribution is -0.384. The highest BCUT2D eigenvalue weighted by atomic mass is 35.5. The molecule has 8 nitrogen and oxygen atoms in total. The molecule has 0 radical (unpaired) electrons. The predicted octanol–water partition coefficient (Wildman–Crippen LogP) is 6.36. The molecule has 1 saturated heterocycles. The lowest BCUT2D eigenvalue weighted by atomic mass is 10.2. The van der Waals surface area contributed by atoms with Crippen LogP contribution in [-0.4, -0.2) is 26.9 Å². The topological polar surface area (TPSA) is 107 Å². The molecule has 176 valence electrons. The number of benzene rings is 3. The Labute approximate surface area is 213 Å². The first-order valence-electron chi connectivity index (χ1n) is 9.98. The first-order valence-corrected chi connectivity index (χ1v) is 11.5. The third-order valence-electron chi connectivity index (χ3n) is 4.93. The minimum atomic E-state index is -0.700. The fourth-order valence-corrected chi connectivity index (χ4v) is 4.54. The van der Waals surface area contributed by atoms with Gasteiger partial charge >= 0.3 is 5.97 Å². The van der Waals surface area contributed by atoms with E-state index in [1.54, 1.807) is 36.4 Å². The van der Waals surface area contributed by atoms with Crippen LogP contribution in [0.5, 0.6) is 5.75 Å². The zero-order valence-corrected chi connectivity index (χ0v) is 20.0. The molecule has 4 rings (SSSR count). The van der Waals surface area contributed by atoms with Crippen molar-refractivity contribution in [2.45, 2.75) is 6.54 Å². The second-order valence-electron chi connectivity index (χ2n) is 7.23. The molecule has 1 heterocycles. The molecular weight excluding hydrogens is 515 g/mol. The number of hydrogen-bond acceptors (Lipinski definition) is 7. The van der Waals surface area contributed by atoms with E-state index >= 15 is 0 Å². The third-order valence-corrected chi connectivity index (χ3v) is 6.55. The summed E-state index contributed by atoms with van der Waals surface area (Å²) in [5.41, 5.74) is 0.995. The van der Waals surface area contributed by atoms with Crippen LogP contribution in [-0.2, 0) is 11.3 Å². The number of carbonyl (C=O) groups excluding carboxylic acids is 3. The average molecular weight is 529 g/mol. The molecule has 11 heteroatoms. The van der Waals surface area contributed by atoms with Crippen molar-refractivity contribution in [2.75, 3.05) is 0 Å². The number of hydrogen-bond donors (Lipinski definition) is 0. The van der Waals surface area contributed by atoms with Gasteiger partial charge in [0.25, 0.3) is 16.8 Å². The summed E-state index contributed by atoms with van der Waals surface area (Å²) in [5.74, 6) is -0.998. The van der Waals surface area contributed by atoms with Gasteiger partial charge in [-0.2, -0.15) is 0 Å². The van der Waals surface area contributed by atoms with Crippen molar-refractivity contribution in [3.63, 3.8) is 0 Å². The zero-order chi connectivity index (χ0) is 25.1. The summed E-state index contributed by atoms with van der Waals surface area (Å²) in [5, 5.41) is 11.0. The minimum absolute atomic E-state index is 0.0621. The van der Waals surface area contributed by atoms with Crippen molar-refractivity contribution in [1.29, 1.82) is 0 Å². The van der Waals surface area contributed by atoms with Crippen molar-refractivity contribution < 1.29 is 24.0 Å². The van der Waals surface area contributed by atoms with Gasteiger partial charge in [-0.1, -0.05) is 41.4 Å². The number of imide groups is 1. The molecule has 0 aliphatic carbocycles. The Bertz CT molecular complexity index is 1370. The van der Waals surface area contributed by atoms with Crippen LogP contribution < -0.4 is 4.74 Å². The second kappa shape index (κ2) is 10.3. The van der Waals surface area contributed by atoms with Crippen LogP contribution in [0.15, 0.2) is 71.6 Å². The molecule has 0 bridgehead atoms. The number of esters is 1. The van der Waals surface area contributed by atoms with Gasteiger partial charge in [-0.15, -0.1) is 0 Å². The van der Waals surface area contributed by atoms with E-state index in [1.807, 2.05) is 0 Å². The monoisotopic (exact) mass is 528 g/mol. The number of halogens is 2. The summed E-state index contributed by atoms with van der Waals surface area (Å²) in [6.45, 7) is -0.0621. The fourth-order valence-electron chi connectivity index (χ4n) is 3.18. The van der Waals surface area contributed by atoms with Crippen molar-refractivity contribution in [2.24, 2.45) is 0 Å². The average Bonchev–Trinajstić information content (AvgIpc) is 3.08. The van der Waals surface area contributed by atoms with Crippen molar-refractivity contribution >= 4 is 63.8 Å². The number of non-ortho nitro benzene ring substituents is 1. The second-order valence-corrected chi connectivity index (χ2v) is 9.04. The van der Waals surface area contributed by atoms with Crippen LogP contribution in [0.3, 0.4) is 0 Å². The van der Waals surface area contributed by atoms with Gasteiger partial charge in [-0.25, -0.2) is 4.79 Å². The van der Waals surface area contributed by atoms with E-state index in [2.05, 4.69) is 0 Å². The number of thioether (sulfide) groups is 1.